The molecular formula is C17H21BrN2O2. The van der Waals surface area contributed by atoms with Crippen molar-refractivity contribution in [1.29, 1.82) is 0 Å². The number of hydrogen-bond donors (Lipinski definition) is 1. The Morgan fingerprint density at radius 1 is 1.18 bits per heavy atom. The van der Waals surface area contributed by atoms with E-state index in [0.29, 0.717) is 0 Å². The number of amides is 2. The van der Waals surface area contributed by atoms with E-state index >= 15 is 0 Å². The Kier molecular flexibility index (Phi) is 4.81. The summed E-state index contributed by atoms with van der Waals surface area (Å²) in [4.78, 5) is 26.1. The fourth-order valence-electron chi connectivity index (χ4n) is 3.15. The van der Waals surface area contributed by atoms with Gasteiger partial charge in [0.1, 0.15) is 0 Å². The first-order valence-electron chi connectivity index (χ1n) is 7.96. The van der Waals surface area contributed by atoms with Crippen LogP contribution in [-0.2, 0) is 9.59 Å². The Morgan fingerprint density at radius 2 is 1.91 bits per heavy atom. The zero-order chi connectivity index (χ0) is 15.5. The van der Waals surface area contributed by atoms with Crippen molar-refractivity contribution in [2.75, 3.05) is 19.6 Å². The number of nitrogens with one attached hydrogen (secondary N) is 1. The van der Waals surface area contributed by atoms with E-state index in [4.69, 9.17) is 0 Å². The molecule has 2 amide bonds. The fourth-order valence-corrected chi connectivity index (χ4v) is 3.73. The number of likely N-dealkylation sites (tertiary alicyclic amines) is 1. The van der Waals surface area contributed by atoms with Gasteiger partial charge in [-0.2, -0.15) is 0 Å². The summed E-state index contributed by atoms with van der Waals surface area (Å²) < 4.78 is 1.06. The average Bonchev–Trinajstić information content (AvgIpc) is 3.34. The number of hydrogen-bond acceptors (Lipinski definition) is 2. The Labute approximate surface area is 139 Å². The second-order valence-corrected chi connectivity index (χ2v) is 6.98. The second kappa shape index (κ2) is 6.82. The maximum atomic E-state index is 12.2. The summed E-state index contributed by atoms with van der Waals surface area (Å²) in [6.45, 7) is 1.80. The van der Waals surface area contributed by atoms with Crippen LogP contribution in [0.1, 0.15) is 37.2 Å². The van der Waals surface area contributed by atoms with E-state index in [1.165, 1.54) is 12.0 Å². The molecule has 4 nitrogen and oxygen atoms in total. The quantitative estimate of drug-likeness (QED) is 0.892. The van der Waals surface area contributed by atoms with Crippen molar-refractivity contribution in [3.63, 3.8) is 0 Å². The molecule has 1 aliphatic heterocycles. The maximum absolute atomic E-state index is 12.2. The summed E-state index contributed by atoms with van der Waals surface area (Å²) in [5.41, 5.74) is 1.19. The Morgan fingerprint density at radius 3 is 2.64 bits per heavy atom. The van der Waals surface area contributed by atoms with E-state index in [9.17, 15) is 9.59 Å². The molecule has 0 spiro atoms. The maximum Gasteiger partial charge on any atom is 0.241 e. The van der Waals surface area contributed by atoms with Gasteiger partial charge in [0.25, 0.3) is 0 Å². The van der Waals surface area contributed by atoms with E-state index in [1.807, 2.05) is 23.1 Å². The number of halogens is 1. The number of benzene rings is 1. The lowest BCUT2D eigenvalue weighted by atomic mass is 10.1. The lowest BCUT2D eigenvalue weighted by Crippen LogP contribution is -2.43. The summed E-state index contributed by atoms with van der Waals surface area (Å²) in [6.07, 6.45) is 4.22. The van der Waals surface area contributed by atoms with Crippen LogP contribution < -0.4 is 5.32 Å². The molecule has 1 saturated heterocycles. The number of rotatable bonds is 4. The monoisotopic (exact) mass is 364 g/mol. The molecule has 0 radical (unpaired) electrons. The van der Waals surface area contributed by atoms with Gasteiger partial charge in [0.05, 0.1) is 6.54 Å². The smallest absolute Gasteiger partial charge is 0.241 e. The molecule has 0 aromatic heterocycles. The SMILES string of the molecule is O=C(NCC(=O)N1CCCCC1)[C@H]1C[C@H]1c1ccccc1Br. The Bertz CT molecular complexity index is 570. The van der Waals surface area contributed by atoms with Crippen LogP contribution in [0.2, 0.25) is 0 Å². The minimum absolute atomic E-state index is 0.00566. The number of nitrogens with zero attached hydrogens (tertiary/aromatic N) is 1. The van der Waals surface area contributed by atoms with Gasteiger partial charge in [0.2, 0.25) is 11.8 Å². The van der Waals surface area contributed by atoms with E-state index in [0.717, 1.165) is 36.8 Å². The van der Waals surface area contributed by atoms with Crippen molar-refractivity contribution < 1.29 is 9.59 Å². The molecule has 1 saturated carbocycles. The molecule has 3 rings (SSSR count). The molecule has 1 aromatic rings. The molecule has 1 aliphatic carbocycles. The summed E-state index contributed by atoms with van der Waals surface area (Å²) in [5.74, 6) is 0.339. The van der Waals surface area contributed by atoms with Crippen LogP contribution in [0, 0.1) is 5.92 Å². The largest absolute Gasteiger partial charge is 0.347 e. The summed E-state index contributed by atoms with van der Waals surface area (Å²) in [7, 11) is 0. The van der Waals surface area contributed by atoms with Crippen molar-refractivity contribution >= 4 is 27.7 Å². The highest BCUT2D eigenvalue weighted by Gasteiger charge is 2.44. The first-order valence-corrected chi connectivity index (χ1v) is 8.76. The Balaban J connectivity index is 1.47. The van der Waals surface area contributed by atoms with Gasteiger partial charge < -0.3 is 10.2 Å². The van der Waals surface area contributed by atoms with Gasteiger partial charge in [-0.15, -0.1) is 0 Å². The van der Waals surface area contributed by atoms with Crippen LogP contribution in [-0.4, -0.2) is 36.3 Å². The molecule has 1 N–H and O–H groups in total. The predicted molar refractivity (Wildman–Crippen MR) is 88.4 cm³/mol. The highest BCUT2D eigenvalue weighted by atomic mass is 79.9. The van der Waals surface area contributed by atoms with Gasteiger partial charge in [0.15, 0.2) is 0 Å². The molecule has 2 atom stereocenters. The topological polar surface area (TPSA) is 49.4 Å². The standard InChI is InChI=1S/C17H21BrN2O2/c18-15-7-3-2-6-12(15)13-10-14(13)17(22)19-11-16(21)20-8-4-1-5-9-20/h2-3,6-7,13-14H,1,4-5,8-11H2,(H,19,22)/t13-,14-/m0/s1. The summed E-state index contributed by atoms with van der Waals surface area (Å²) >= 11 is 3.54. The number of carbonyl (C=O) groups is 2. The lowest BCUT2D eigenvalue weighted by Gasteiger charge is -2.26. The summed E-state index contributed by atoms with van der Waals surface area (Å²) in [6, 6.07) is 8.03. The molecule has 2 aliphatic rings. The molecule has 0 unspecified atom stereocenters. The second-order valence-electron chi connectivity index (χ2n) is 6.13. The Hall–Kier alpha value is -1.36. The van der Waals surface area contributed by atoms with Gasteiger partial charge >= 0.3 is 0 Å². The van der Waals surface area contributed by atoms with Crippen molar-refractivity contribution in [3.8, 4) is 0 Å². The van der Waals surface area contributed by atoms with Crippen LogP contribution in [0.5, 0.6) is 0 Å². The highest BCUT2D eigenvalue weighted by molar-refractivity contribution is 9.10. The van der Waals surface area contributed by atoms with Gasteiger partial charge in [-0.1, -0.05) is 34.1 Å². The fraction of sp³-hybridized carbons (Fsp3) is 0.529. The van der Waals surface area contributed by atoms with Gasteiger partial charge in [0, 0.05) is 23.5 Å². The third-order valence-corrected chi connectivity index (χ3v) is 5.28. The molecule has 1 heterocycles. The molecule has 1 aromatic carbocycles. The van der Waals surface area contributed by atoms with E-state index in [2.05, 4.69) is 27.3 Å². The van der Waals surface area contributed by atoms with Crippen LogP contribution in [0.15, 0.2) is 28.7 Å². The zero-order valence-corrected chi connectivity index (χ0v) is 14.1. The average molecular weight is 365 g/mol. The van der Waals surface area contributed by atoms with Crippen molar-refractivity contribution in [3.05, 3.63) is 34.3 Å². The first-order chi connectivity index (χ1) is 10.7. The minimum Gasteiger partial charge on any atom is -0.347 e. The zero-order valence-electron chi connectivity index (χ0n) is 12.6. The van der Waals surface area contributed by atoms with E-state index < -0.39 is 0 Å². The predicted octanol–water partition coefficient (Wildman–Crippen LogP) is 2.68. The lowest BCUT2D eigenvalue weighted by molar-refractivity contribution is -0.133. The van der Waals surface area contributed by atoms with Crippen LogP contribution in [0.25, 0.3) is 0 Å². The minimum atomic E-state index is 0.00566. The molecule has 22 heavy (non-hydrogen) atoms. The molecular weight excluding hydrogens is 344 g/mol. The van der Waals surface area contributed by atoms with E-state index in [-0.39, 0.29) is 30.2 Å². The number of carbonyl (C=O) groups excluding carboxylic acids is 2. The summed E-state index contributed by atoms with van der Waals surface area (Å²) in [5, 5.41) is 2.82. The van der Waals surface area contributed by atoms with Gasteiger partial charge in [-0.05, 0) is 43.2 Å². The van der Waals surface area contributed by atoms with Crippen LogP contribution in [0.4, 0.5) is 0 Å². The van der Waals surface area contributed by atoms with Crippen molar-refractivity contribution in [1.82, 2.24) is 10.2 Å². The third kappa shape index (κ3) is 3.51. The molecule has 2 fully saturated rings. The van der Waals surface area contributed by atoms with Gasteiger partial charge in [-0.25, -0.2) is 0 Å². The normalized spacial score (nSPS) is 24.0. The van der Waals surface area contributed by atoms with Crippen molar-refractivity contribution in [2.45, 2.75) is 31.6 Å². The molecule has 0 bridgehead atoms. The van der Waals surface area contributed by atoms with Gasteiger partial charge in [-0.3, -0.25) is 9.59 Å². The van der Waals surface area contributed by atoms with Crippen LogP contribution >= 0.6 is 15.9 Å². The third-order valence-electron chi connectivity index (χ3n) is 4.55. The highest BCUT2D eigenvalue weighted by Crippen LogP contribution is 2.49. The number of piperidine rings is 1. The van der Waals surface area contributed by atoms with Crippen LogP contribution in [0.3, 0.4) is 0 Å². The molecule has 118 valence electrons. The van der Waals surface area contributed by atoms with E-state index in [1.54, 1.807) is 0 Å². The first kappa shape index (κ1) is 15.5. The van der Waals surface area contributed by atoms with Crippen molar-refractivity contribution in [2.24, 2.45) is 5.92 Å². The molecule has 5 heteroatoms.